The Morgan fingerprint density at radius 2 is 1.95 bits per heavy atom. The quantitative estimate of drug-likeness (QED) is 0.661. The third-order valence-corrected chi connectivity index (χ3v) is 3.39. The Kier molecular flexibility index (Phi) is 4.35. The molecule has 0 atom stereocenters. The average Bonchev–Trinajstić information content (AvgIpc) is 2.40. The molecule has 1 heterocycles. The van der Waals surface area contributed by atoms with E-state index in [1.807, 2.05) is 12.1 Å². The van der Waals surface area contributed by atoms with Gasteiger partial charge in [0.15, 0.2) is 5.82 Å². The summed E-state index contributed by atoms with van der Waals surface area (Å²) in [7, 11) is 0. The van der Waals surface area contributed by atoms with E-state index < -0.39 is 0 Å². The average molecular weight is 270 g/mol. The number of nitrogens with two attached hydrogens (primary N) is 1. The Morgan fingerprint density at radius 3 is 2.60 bits per heavy atom. The molecule has 0 unspecified atom stereocenters. The number of hydrazine groups is 1. The maximum absolute atomic E-state index is 5.52. The molecule has 0 saturated heterocycles. The van der Waals surface area contributed by atoms with Crippen molar-refractivity contribution in [3.8, 4) is 11.4 Å². The number of hydrogen-bond donors (Lipinski definition) is 2. The molecule has 4 heteroatoms. The number of aryl methyl sites for hydroxylation is 1. The number of hydrogen-bond acceptors (Lipinski definition) is 4. The monoisotopic (exact) mass is 270 g/mol. The van der Waals surface area contributed by atoms with Crippen LogP contribution in [0.25, 0.3) is 11.4 Å². The van der Waals surface area contributed by atoms with Gasteiger partial charge >= 0.3 is 0 Å². The van der Waals surface area contributed by atoms with E-state index in [-0.39, 0.29) is 0 Å². The summed E-state index contributed by atoms with van der Waals surface area (Å²) < 4.78 is 0. The largest absolute Gasteiger partial charge is 0.308 e. The molecule has 106 valence electrons. The number of nitrogen functional groups attached to an aromatic ring is 1. The minimum atomic E-state index is 0.544. The van der Waals surface area contributed by atoms with Gasteiger partial charge in [-0.05, 0) is 37.3 Å². The number of nitrogens with zero attached hydrogens (tertiary/aromatic N) is 2. The van der Waals surface area contributed by atoms with Gasteiger partial charge in [-0.1, -0.05) is 32.0 Å². The van der Waals surface area contributed by atoms with Crippen molar-refractivity contribution in [1.82, 2.24) is 9.97 Å². The molecule has 1 aromatic heterocycles. The lowest BCUT2D eigenvalue weighted by Gasteiger charge is -2.12. The van der Waals surface area contributed by atoms with Gasteiger partial charge in [0.2, 0.25) is 0 Å². The van der Waals surface area contributed by atoms with Crippen LogP contribution in [0.15, 0.2) is 24.3 Å². The van der Waals surface area contributed by atoms with Crippen LogP contribution in [0.2, 0.25) is 0 Å². The molecule has 0 aliphatic heterocycles. The van der Waals surface area contributed by atoms with E-state index in [1.54, 1.807) is 0 Å². The normalized spacial score (nSPS) is 10.9. The number of anilines is 1. The van der Waals surface area contributed by atoms with Crippen molar-refractivity contribution >= 4 is 5.82 Å². The zero-order valence-electron chi connectivity index (χ0n) is 12.6. The van der Waals surface area contributed by atoms with Crippen LogP contribution in [0.3, 0.4) is 0 Å². The second-order valence-corrected chi connectivity index (χ2v) is 5.56. The van der Waals surface area contributed by atoms with Crippen LogP contribution in [0.1, 0.15) is 30.7 Å². The SMILES string of the molecule is Cc1cccc(-c2nc(CC(C)C)cc(NN)n2)c1C. The first-order valence-electron chi connectivity index (χ1n) is 6.92. The molecule has 0 aliphatic rings. The predicted molar refractivity (Wildman–Crippen MR) is 83.3 cm³/mol. The third-order valence-electron chi connectivity index (χ3n) is 3.39. The Labute approximate surface area is 120 Å². The van der Waals surface area contributed by atoms with Gasteiger partial charge in [0.1, 0.15) is 5.82 Å². The summed E-state index contributed by atoms with van der Waals surface area (Å²) in [6.07, 6.45) is 0.912. The highest BCUT2D eigenvalue weighted by Crippen LogP contribution is 2.24. The van der Waals surface area contributed by atoms with Crippen LogP contribution in [0.5, 0.6) is 0 Å². The second-order valence-electron chi connectivity index (χ2n) is 5.56. The third kappa shape index (κ3) is 3.14. The standard InChI is InChI=1S/C16H22N4/c1-10(2)8-13-9-15(20-17)19-16(18-13)14-7-5-6-11(3)12(14)4/h5-7,9-10H,8,17H2,1-4H3,(H,18,19,20). The molecule has 0 aliphatic carbocycles. The summed E-state index contributed by atoms with van der Waals surface area (Å²) >= 11 is 0. The molecule has 2 aromatic rings. The zero-order valence-corrected chi connectivity index (χ0v) is 12.6. The highest BCUT2D eigenvalue weighted by molar-refractivity contribution is 5.63. The zero-order chi connectivity index (χ0) is 14.7. The smallest absolute Gasteiger partial charge is 0.162 e. The molecule has 0 spiro atoms. The van der Waals surface area contributed by atoms with Crippen molar-refractivity contribution in [2.75, 3.05) is 5.43 Å². The van der Waals surface area contributed by atoms with Crippen molar-refractivity contribution in [2.24, 2.45) is 11.8 Å². The molecule has 20 heavy (non-hydrogen) atoms. The van der Waals surface area contributed by atoms with E-state index in [9.17, 15) is 0 Å². The lowest BCUT2D eigenvalue weighted by molar-refractivity contribution is 0.635. The summed E-state index contributed by atoms with van der Waals surface area (Å²) in [5.41, 5.74) is 7.15. The van der Waals surface area contributed by atoms with Gasteiger partial charge in [-0.2, -0.15) is 0 Å². The first kappa shape index (κ1) is 14.5. The van der Waals surface area contributed by atoms with E-state index in [4.69, 9.17) is 5.84 Å². The van der Waals surface area contributed by atoms with Gasteiger partial charge in [0, 0.05) is 17.3 Å². The second kappa shape index (κ2) is 6.01. The molecule has 0 radical (unpaired) electrons. The van der Waals surface area contributed by atoms with E-state index >= 15 is 0 Å². The minimum absolute atomic E-state index is 0.544. The lowest BCUT2D eigenvalue weighted by atomic mass is 10.0. The maximum atomic E-state index is 5.52. The summed E-state index contributed by atoms with van der Waals surface area (Å²) in [5, 5.41) is 0. The highest BCUT2D eigenvalue weighted by Gasteiger charge is 2.10. The van der Waals surface area contributed by atoms with Crippen LogP contribution in [-0.2, 0) is 6.42 Å². The highest BCUT2D eigenvalue weighted by atomic mass is 15.3. The van der Waals surface area contributed by atoms with Crippen LogP contribution in [0, 0.1) is 19.8 Å². The van der Waals surface area contributed by atoms with Gasteiger partial charge < -0.3 is 5.43 Å². The van der Waals surface area contributed by atoms with Crippen LogP contribution in [-0.4, -0.2) is 9.97 Å². The Balaban J connectivity index is 2.52. The summed E-state index contributed by atoms with van der Waals surface area (Å²) in [6.45, 7) is 8.54. The first-order chi connectivity index (χ1) is 9.51. The summed E-state index contributed by atoms with van der Waals surface area (Å²) in [5.74, 6) is 7.46. The van der Waals surface area contributed by atoms with E-state index in [0.717, 1.165) is 23.5 Å². The van der Waals surface area contributed by atoms with Crippen molar-refractivity contribution in [1.29, 1.82) is 0 Å². The Bertz CT molecular complexity index is 605. The van der Waals surface area contributed by atoms with E-state index in [0.29, 0.717) is 11.7 Å². The maximum Gasteiger partial charge on any atom is 0.162 e. The van der Waals surface area contributed by atoms with E-state index in [1.165, 1.54) is 11.1 Å². The van der Waals surface area contributed by atoms with Crippen molar-refractivity contribution in [3.63, 3.8) is 0 Å². The molecule has 0 amide bonds. The predicted octanol–water partition coefficient (Wildman–Crippen LogP) is 3.24. The molecule has 0 bridgehead atoms. The van der Waals surface area contributed by atoms with Crippen LogP contribution in [0.4, 0.5) is 5.82 Å². The number of benzene rings is 1. The molecule has 1 aromatic carbocycles. The molecule has 2 rings (SSSR count). The van der Waals surface area contributed by atoms with Gasteiger partial charge in [0.05, 0.1) is 0 Å². The Morgan fingerprint density at radius 1 is 1.20 bits per heavy atom. The topological polar surface area (TPSA) is 63.8 Å². The molecule has 3 N–H and O–H groups in total. The lowest BCUT2D eigenvalue weighted by Crippen LogP contribution is -2.11. The van der Waals surface area contributed by atoms with Crippen molar-refractivity contribution in [2.45, 2.75) is 34.1 Å². The first-order valence-corrected chi connectivity index (χ1v) is 6.92. The van der Waals surface area contributed by atoms with Crippen molar-refractivity contribution < 1.29 is 0 Å². The van der Waals surface area contributed by atoms with Gasteiger partial charge in [0.25, 0.3) is 0 Å². The minimum Gasteiger partial charge on any atom is -0.308 e. The van der Waals surface area contributed by atoms with E-state index in [2.05, 4.69) is 55.2 Å². The molecular formula is C16H22N4. The van der Waals surface area contributed by atoms with Gasteiger partial charge in [-0.3, -0.25) is 0 Å². The number of nitrogens with one attached hydrogen (secondary N) is 1. The summed E-state index contributed by atoms with van der Waals surface area (Å²) in [6, 6.07) is 8.09. The van der Waals surface area contributed by atoms with Crippen LogP contribution >= 0.6 is 0 Å². The van der Waals surface area contributed by atoms with Gasteiger partial charge in [-0.25, -0.2) is 15.8 Å². The Hall–Kier alpha value is -1.94. The molecule has 0 fully saturated rings. The summed E-state index contributed by atoms with van der Waals surface area (Å²) in [4.78, 5) is 9.17. The van der Waals surface area contributed by atoms with Gasteiger partial charge in [-0.15, -0.1) is 0 Å². The molecule has 0 saturated carbocycles. The van der Waals surface area contributed by atoms with Crippen molar-refractivity contribution in [3.05, 3.63) is 41.1 Å². The number of rotatable bonds is 4. The van der Waals surface area contributed by atoms with Crippen LogP contribution < -0.4 is 11.3 Å². The fraction of sp³-hybridized carbons (Fsp3) is 0.375. The molecule has 4 nitrogen and oxygen atoms in total. The fourth-order valence-corrected chi connectivity index (χ4v) is 2.21. The molecular weight excluding hydrogens is 248 g/mol. The number of aromatic nitrogens is 2. The fourth-order valence-electron chi connectivity index (χ4n) is 2.21.